The van der Waals surface area contributed by atoms with Crippen molar-refractivity contribution in [3.63, 3.8) is 0 Å². The molecular formula is C24H23ClN2O7. The first-order valence-corrected chi connectivity index (χ1v) is 11.0. The topological polar surface area (TPSA) is 129 Å². The van der Waals surface area contributed by atoms with Gasteiger partial charge in [0.1, 0.15) is 18.2 Å². The van der Waals surface area contributed by atoms with Crippen molar-refractivity contribution >= 4 is 40.1 Å². The van der Waals surface area contributed by atoms with Crippen LogP contribution in [0.5, 0.6) is 0 Å². The maximum Gasteiger partial charge on any atom is 0.336 e. The largest absolute Gasteiger partial charge is 0.459 e. The first-order valence-electron chi connectivity index (χ1n) is 10.6. The number of benzene rings is 2. The zero-order chi connectivity index (χ0) is 25.0. The number of nitrogens with one attached hydrogen (secondary N) is 1. The van der Waals surface area contributed by atoms with Crippen LogP contribution in [0.15, 0.2) is 51.7 Å². The number of rotatable bonds is 8. The van der Waals surface area contributed by atoms with Gasteiger partial charge in [0.25, 0.3) is 11.6 Å². The highest BCUT2D eigenvalue weighted by Crippen LogP contribution is 2.23. The highest BCUT2D eigenvalue weighted by Gasteiger charge is 2.27. The van der Waals surface area contributed by atoms with Crippen LogP contribution in [-0.2, 0) is 22.6 Å². The molecular weight excluding hydrogens is 464 g/mol. The molecule has 34 heavy (non-hydrogen) atoms. The number of nitrogens with zero attached hydrogens (tertiary/aromatic N) is 1. The molecule has 1 N–H and O–H groups in total. The number of amides is 1. The molecule has 178 valence electrons. The summed E-state index contributed by atoms with van der Waals surface area (Å²) in [5.41, 5.74) is 1.05. The third-order valence-corrected chi connectivity index (χ3v) is 5.60. The minimum Gasteiger partial charge on any atom is -0.459 e. The molecule has 0 saturated heterocycles. The predicted molar refractivity (Wildman–Crippen MR) is 126 cm³/mol. The number of hydrogen-bond donors (Lipinski definition) is 1. The van der Waals surface area contributed by atoms with Gasteiger partial charge >= 0.3 is 11.6 Å². The minimum absolute atomic E-state index is 0.0101. The van der Waals surface area contributed by atoms with Gasteiger partial charge in [-0.2, -0.15) is 0 Å². The Labute approximate surface area is 199 Å². The second-order valence-electron chi connectivity index (χ2n) is 8.00. The predicted octanol–water partition coefficient (Wildman–Crippen LogP) is 4.41. The molecule has 0 aliphatic carbocycles. The van der Waals surface area contributed by atoms with E-state index >= 15 is 0 Å². The number of ether oxygens (including phenoxy) is 1. The number of halogens is 1. The van der Waals surface area contributed by atoms with Crippen LogP contribution in [-0.4, -0.2) is 22.8 Å². The molecule has 1 amide bonds. The van der Waals surface area contributed by atoms with Gasteiger partial charge < -0.3 is 14.5 Å². The van der Waals surface area contributed by atoms with Crippen molar-refractivity contribution in [2.75, 3.05) is 0 Å². The minimum atomic E-state index is -1.02. The van der Waals surface area contributed by atoms with Crippen LogP contribution < -0.4 is 10.9 Å². The Morgan fingerprint density at radius 3 is 2.53 bits per heavy atom. The maximum atomic E-state index is 12.8. The Kier molecular flexibility index (Phi) is 7.68. The standard InChI is InChI=1S/C24H23ClN2O7/c1-4-14-5-7-17-15(10-21(28)34-20(17)9-14)12-33-24(30)22(13(2)3)26-23(29)18-8-6-16(27(31)32)11-19(18)25/h5-11,13,22H,4,12H2,1-3H3,(H,26,29). The molecule has 10 heteroatoms. The van der Waals surface area contributed by atoms with Gasteiger partial charge in [-0.3, -0.25) is 14.9 Å². The van der Waals surface area contributed by atoms with Crippen molar-refractivity contribution in [3.05, 3.63) is 84.7 Å². The van der Waals surface area contributed by atoms with Crippen molar-refractivity contribution in [1.29, 1.82) is 0 Å². The Balaban J connectivity index is 1.77. The fraction of sp³-hybridized carbons (Fsp3) is 0.292. The van der Waals surface area contributed by atoms with Crippen LogP contribution in [0.25, 0.3) is 11.0 Å². The molecule has 3 aromatic rings. The van der Waals surface area contributed by atoms with E-state index in [0.717, 1.165) is 24.1 Å². The van der Waals surface area contributed by atoms with Crippen molar-refractivity contribution in [2.24, 2.45) is 5.92 Å². The van der Waals surface area contributed by atoms with E-state index in [9.17, 15) is 24.5 Å². The van der Waals surface area contributed by atoms with Gasteiger partial charge in [0.15, 0.2) is 0 Å². The van der Waals surface area contributed by atoms with E-state index in [-0.39, 0.29) is 28.8 Å². The molecule has 0 bridgehead atoms. The molecule has 9 nitrogen and oxygen atoms in total. The van der Waals surface area contributed by atoms with Crippen LogP contribution in [0.1, 0.15) is 42.3 Å². The second kappa shape index (κ2) is 10.5. The quantitative estimate of drug-likeness (QED) is 0.216. The average Bonchev–Trinajstić information content (AvgIpc) is 2.79. The van der Waals surface area contributed by atoms with E-state index in [4.69, 9.17) is 20.8 Å². The zero-order valence-corrected chi connectivity index (χ0v) is 19.5. The third kappa shape index (κ3) is 5.60. The van der Waals surface area contributed by atoms with E-state index < -0.39 is 28.5 Å². The van der Waals surface area contributed by atoms with Gasteiger partial charge in [-0.15, -0.1) is 0 Å². The molecule has 0 radical (unpaired) electrons. The second-order valence-corrected chi connectivity index (χ2v) is 8.41. The first kappa shape index (κ1) is 24.9. The van der Waals surface area contributed by atoms with Gasteiger partial charge in [-0.25, -0.2) is 9.59 Å². The summed E-state index contributed by atoms with van der Waals surface area (Å²) in [6, 6.07) is 9.16. The van der Waals surface area contributed by atoms with Crippen molar-refractivity contribution < 1.29 is 23.7 Å². The smallest absolute Gasteiger partial charge is 0.336 e. The lowest BCUT2D eigenvalue weighted by Gasteiger charge is -2.21. The third-order valence-electron chi connectivity index (χ3n) is 5.29. The number of aryl methyl sites for hydroxylation is 1. The highest BCUT2D eigenvalue weighted by molar-refractivity contribution is 6.34. The van der Waals surface area contributed by atoms with Crippen LogP contribution in [0.4, 0.5) is 5.69 Å². The molecule has 2 aromatic carbocycles. The van der Waals surface area contributed by atoms with Gasteiger partial charge in [0.05, 0.1) is 15.5 Å². The normalized spacial score (nSPS) is 11.9. The molecule has 0 aliphatic rings. The molecule has 1 unspecified atom stereocenters. The summed E-state index contributed by atoms with van der Waals surface area (Å²) in [7, 11) is 0. The molecule has 3 rings (SSSR count). The average molecular weight is 487 g/mol. The first-order chi connectivity index (χ1) is 16.1. The van der Waals surface area contributed by atoms with Crippen molar-refractivity contribution in [1.82, 2.24) is 5.32 Å². The zero-order valence-electron chi connectivity index (χ0n) is 18.8. The SMILES string of the molecule is CCc1ccc2c(COC(=O)C(NC(=O)c3ccc([N+](=O)[O-])cc3Cl)C(C)C)cc(=O)oc2c1. The summed E-state index contributed by atoms with van der Waals surface area (Å²) in [4.78, 5) is 47.7. The molecule has 1 heterocycles. The van der Waals surface area contributed by atoms with Crippen LogP contribution >= 0.6 is 11.6 Å². The lowest BCUT2D eigenvalue weighted by Crippen LogP contribution is -2.45. The van der Waals surface area contributed by atoms with E-state index in [1.807, 2.05) is 13.0 Å². The lowest BCUT2D eigenvalue weighted by atomic mass is 10.0. The number of nitro benzene ring substituents is 1. The molecule has 0 spiro atoms. The Bertz CT molecular complexity index is 1320. The fourth-order valence-corrected chi connectivity index (χ4v) is 3.63. The van der Waals surface area contributed by atoms with E-state index in [0.29, 0.717) is 16.5 Å². The highest BCUT2D eigenvalue weighted by atomic mass is 35.5. The van der Waals surface area contributed by atoms with E-state index in [2.05, 4.69) is 5.32 Å². The number of non-ortho nitro benzene ring substituents is 1. The monoisotopic (exact) mass is 486 g/mol. The summed E-state index contributed by atoms with van der Waals surface area (Å²) in [6.07, 6.45) is 0.771. The Morgan fingerprint density at radius 2 is 1.91 bits per heavy atom. The van der Waals surface area contributed by atoms with E-state index in [1.165, 1.54) is 12.1 Å². The number of esters is 1. The van der Waals surface area contributed by atoms with Crippen molar-refractivity contribution in [3.8, 4) is 0 Å². The van der Waals surface area contributed by atoms with Crippen LogP contribution in [0.2, 0.25) is 5.02 Å². The molecule has 0 aliphatic heterocycles. The number of carbonyl (C=O) groups excluding carboxylic acids is 2. The van der Waals surface area contributed by atoms with Gasteiger partial charge in [-0.05, 0) is 30.0 Å². The van der Waals surface area contributed by atoms with E-state index in [1.54, 1.807) is 26.0 Å². The summed E-state index contributed by atoms with van der Waals surface area (Å²) < 4.78 is 10.7. The summed E-state index contributed by atoms with van der Waals surface area (Å²) in [5.74, 6) is -1.71. The maximum absolute atomic E-state index is 12.8. The molecule has 1 aromatic heterocycles. The Morgan fingerprint density at radius 1 is 1.18 bits per heavy atom. The number of hydrogen-bond acceptors (Lipinski definition) is 7. The fourth-order valence-electron chi connectivity index (χ4n) is 3.37. The van der Waals surface area contributed by atoms with Crippen LogP contribution in [0.3, 0.4) is 0 Å². The van der Waals surface area contributed by atoms with Crippen LogP contribution in [0, 0.1) is 16.0 Å². The summed E-state index contributed by atoms with van der Waals surface area (Å²) >= 11 is 6.02. The summed E-state index contributed by atoms with van der Waals surface area (Å²) in [5, 5.41) is 14.0. The molecule has 1 atom stereocenters. The van der Waals surface area contributed by atoms with Gasteiger partial charge in [0, 0.05) is 29.1 Å². The van der Waals surface area contributed by atoms with Gasteiger partial charge in [-0.1, -0.05) is 44.5 Å². The molecule has 0 saturated carbocycles. The number of fused-ring (bicyclic) bond motifs is 1. The lowest BCUT2D eigenvalue weighted by molar-refractivity contribution is -0.384. The molecule has 0 fully saturated rings. The Hall–Kier alpha value is -3.72. The number of nitro groups is 1. The van der Waals surface area contributed by atoms with Gasteiger partial charge in [0.2, 0.25) is 0 Å². The number of carbonyl (C=O) groups is 2. The summed E-state index contributed by atoms with van der Waals surface area (Å²) in [6.45, 7) is 5.24. The van der Waals surface area contributed by atoms with Crippen molar-refractivity contribution in [2.45, 2.75) is 39.8 Å².